The smallest absolute Gasteiger partial charge is 0.325 e. The summed E-state index contributed by atoms with van der Waals surface area (Å²) in [6, 6.07) is 9.36. The number of hydrogen-bond donors (Lipinski definition) is 2. The van der Waals surface area contributed by atoms with Crippen LogP contribution in [0.2, 0.25) is 0 Å². The van der Waals surface area contributed by atoms with Gasteiger partial charge in [-0.05, 0) is 30.7 Å². The van der Waals surface area contributed by atoms with Gasteiger partial charge in [-0.2, -0.15) is 0 Å². The molecule has 1 aliphatic rings. The fourth-order valence-electron chi connectivity index (χ4n) is 2.88. The third-order valence-electron chi connectivity index (χ3n) is 4.47. The minimum Gasteiger partial charge on any atom is -0.497 e. The summed E-state index contributed by atoms with van der Waals surface area (Å²) in [6.07, 6.45) is 1.42. The first kappa shape index (κ1) is 19.2. The van der Waals surface area contributed by atoms with E-state index in [1.165, 1.54) is 20.4 Å². The average Bonchev–Trinajstić information content (AvgIpc) is 2.92. The van der Waals surface area contributed by atoms with Crippen LogP contribution >= 0.6 is 0 Å². The Balaban J connectivity index is 1.70. The van der Waals surface area contributed by atoms with Crippen molar-refractivity contribution in [3.05, 3.63) is 48.2 Å². The first-order valence-electron chi connectivity index (χ1n) is 8.46. The van der Waals surface area contributed by atoms with E-state index in [-0.39, 0.29) is 0 Å². The van der Waals surface area contributed by atoms with Crippen molar-refractivity contribution in [2.24, 2.45) is 0 Å². The van der Waals surface area contributed by atoms with Crippen LogP contribution in [-0.4, -0.2) is 48.5 Å². The number of imide groups is 1. The molecule has 4 amide bonds. The van der Waals surface area contributed by atoms with Crippen molar-refractivity contribution >= 4 is 23.5 Å². The third-order valence-corrected chi connectivity index (χ3v) is 4.47. The van der Waals surface area contributed by atoms with E-state index in [0.717, 1.165) is 4.90 Å². The van der Waals surface area contributed by atoms with Crippen molar-refractivity contribution in [3.63, 3.8) is 0 Å². The highest BCUT2D eigenvalue weighted by Gasteiger charge is 2.49. The number of aromatic nitrogens is 1. The minimum absolute atomic E-state index is 0.405. The molecule has 1 aromatic carbocycles. The summed E-state index contributed by atoms with van der Waals surface area (Å²) in [6.45, 7) is 1.18. The number of rotatable bonds is 6. The van der Waals surface area contributed by atoms with Crippen molar-refractivity contribution in [3.8, 4) is 11.6 Å². The van der Waals surface area contributed by atoms with Gasteiger partial charge >= 0.3 is 6.03 Å². The van der Waals surface area contributed by atoms with Crippen LogP contribution in [0.5, 0.6) is 11.6 Å². The van der Waals surface area contributed by atoms with E-state index in [1.54, 1.807) is 43.3 Å². The number of urea groups is 1. The monoisotopic (exact) mass is 384 g/mol. The summed E-state index contributed by atoms with van der Waals surface area (Å²) in [5.74, 6) is 0.0101. The van der Waals surface area contributed by atoms with E-state index in [0.29, 0.717) is 22.9 Å². The van der Waals surface area contributed by atoms with Crippen molar-refractivity contribution in [2.75, 3.05) is 26.1 Å². The summed E-state index contributed by atoms with van der Waals surface area (Å²) in [4.78, 5) is 42.3. The van der Waals surface area contributed by atoms with Crippen molar-refractivity contribution in [2.45, 2.75) is 12.5 Å². The highest BCUT2D eigenvalue weighted by Crippen LogP contribution is 2.30. The molecule has 28 heavy (non-hydrogen) atoms. The Labute approximate surface area is 161 Å². The lowest BCUT2D eigenvalue weighted by Gasteiger charge is -2.22. The fraction of sp³-hybridized carbons (Fsp3) is 0.263. The number of methoxy groups -OCH3 is 2. The molecule has 0 aliphatic carbocycles. The Kier molecular flexibility index (Phi) is 5.16. The number of benzene rings is 1. The molecule has 0 saturated carbocycles. The quantitative estimate of drug-likeness (QED) is 0.731. The van der Waals surface area contributed by atoms with E-state index in [4.69, 9.17) is 9.47 Å². The molecule has 146 valence electrons. The fourth-order valence-corrected chi connectivity index (χ4v) is 2.88. The highest BCUT2D eigenvalue weighted by molar-refractivity contribution is 6.10. The van der Waals surface area contributed by atoms with E-state index in [9.17, 15) is 14.4 Å². The largest absolute Gasteiger partial charge is 0.497 e. The Bertz CT molecular complexity index is 898. The van der Waals surface area contributed by atoms with Gasteiger partial charge in [-0.3, -0.25) is 14.5 Å². The number of nitrogens with one attached hydrogen (secondary N) is 2. The molecule has 9 heteroatoms. The van der Waals surface area contributed by atoms with Gasteiger partial charge < -0.3 is 20.1 Å². The number of hydrogen-bond acceptors (Lipinski definition) is 6. The zero-order chi connectivity index (χ0) is 20.3. The molecule has 0 radical (unpaired) electrons. The molecule has 1 unspecified atom stereocenters. The second kappa shape index (κ2) is 7.55. The number of amides is 4. The van der Waals surface area contributed by atoms with Gasteiger partial charge in [-0.15, -0.1) is 0 Å². The van der Waals surface area contributed by atoms with Gasteiger partial charge in [-0.25, -0.2) is 9.78 Å². The standard InChI is InChI=1S/C19H20N4O5/c1-19(12-4-7-14(27-2)8-5-12)17(25)23(18(26)22-19)11-15(24)21-13-6-9-16(28-3)20-10-13/h4-10H,11H2,1-3H3,(H,21,24)(H,22,26). The Morgan fingerprint density at radius 3 is 2.43 bits per heavy atom. The first-order chi connectivity index (χ1) is 13.4. The molecule has 9 nitrogen and oxygen atoms in total. The highest BCUT2D eigenvalue weighted by atomic mass is 16.5. The van der Waals surface area contributed by atoms with Crippen LogP contribution in [0.15, 0.2) is 42.6 Å². The number of ether oxygens (including phenoxy) is 2. The Morgan fingerprint density at radius 2 is 1.86 bits per heavy atom. The number of pyridine rings is 1. The lowest BCUT2D eigenvalue weighted by atomic mass is 9.92. The van der Waals surface area contributed by atoms with Crippen molar-refractivity contribution < 1.29 is 23.9 Å². The van der Waals surface area contributed by atoms with E-state index < -0.39 is 29.9 Å². The summed E-state index contributed by atoms with van der Waals surface area (Å²) >= 11 is 0. The molecule has 0 bridgehead atoms. The topological polar surface area (TPSA) is 110 Å². The number of carbonyl (C=O) groups excluding carboxylic acids is 3. The van der Waals surface area contributed by atoms with Crippen LogP contribution < -0.4 is 20.1 Å². The molecule has 1 atom stereocenters. The van der Waals surface area contributed by atoms with E-state index in [1.807, 2.05) is 0 Å². The zero-order valence-electron chi connectivity index (χ0n) is 15.7. The predicted molar refractivity (Wildman–Crippen MR) is 100 cm³/mol. The predicted octanol–water partition coefficient (Wildman–Crippen LogP) is 1.50. The molecule has 2 N–H and O–H groups in total. The molecule has 3 rings (SSSR count). The zero-order valence-corrected chi connectivity index (χ0v) is 15.7. The van der Waals surface area contributed by atoms with Crippen LogP contribution in [0, 0.1) is 0 Å². The molecule has 1 aliphatic heterocycles. The van der Waals surface area contributed by atoms with Gasteiger partial charge in [0.05, 0.1) is 26.1 Å². The van der Waals surface area contributed by atoms with E-state index in [2.05, 4.69) is 15.6 Å². The van der Waals surface area contributed by atoms with Crippen LogP contribution in [-0.2, 0) is 15.1 Å². The van der Waals surface area contributed by atoms with Gasteiger partial charge in [0, 0.05) is 6.07 Å². The molecule has 1 saturated heterocycles. The number of anilines is 1. The SMILES string of the molecule is COc1ccc(C2(C)NC(=O)N(CC(=O)Nc3ccc(OC)nc3)C2=O)cc1. The van der Waals surface area contributed by atoms with Gasteiger partial charge in [0.15, 0.2) is 0 Å². The first-order valence-corrected chi connectivity index (χ1v) is 8.46. The normalized spacial score (nSPS) is 18.6. The van der Waals surface area contributed by atoms with E-state index >= 15 is 0 Å². The van der Waals surface area contributed by atoms with Crippen LogP contribution in [0.25, 0.3) is 0 Å². The van der Waals surface area contributed by atoms with Crippen molar-refractivity contribution in [1.82, 2.24) is 15.2 Å². The summed E-state index contributed by atoms with van der Waals surface area (Å²) in [5.41, 5.74) is -0.240. The molecular formula is C19H20N4O5. The van der Waals surface area contributed by atoms with Crippen LogP contribution in [0.3, 0.4) is 0 Å². The second-order valence-corrected chi connectivity index (χ2v) is 6.31. The summed E-state index contributed by atoms with van der Waals surface area (Å²) in [5, 5.41) is 5.25. The number of nitrogens with zero attached hydrogens (tertiary/aromatic N) is 2. The lowest BCUT2D eigenvalue weighted by Crippen LogP contribution is -2.42. The Morgan fingerprint density at radius 1 is 1.14 bits per heavy atom. The Hall–Kier alpha value is -3.62. The van der Waals surface area contributed by atoms with Crippen molar-refractivity contribution in [1.29, 1.82) is 0 Å². The number of carbonyl (C=O) groups is 3. The second-order valence-electron chi connectivity index (χ2n) is 6.31. The molecule has 0 spiro atoms. The van der Waals surface area contributed by atoms with Gasteiger partial charge in [0.2, 0.25) is 11.8 Å². The van der Waals surface area contributed by atoms with Gasteiger partial charge in [0.1, 0.15) is 17.8 Å². The van der Waals surface area contributed by atoms with Gasteiger partial charge in [0.25, 0.3) is 5.91 Å². The average molecular weight is 384 g/mol. The maximum absolute atomic E-state index is 12.9. The van der Waals surface area contributed by atoms with Gasteiger partial charge in [-0.1, -0.05) is 12.1 Å². The lowest BCUT2D eigenvalue weighted by molar-refractivity contribution is -0.133. The molecule has 1 aromatic heterocycles. The molecular weight excluding hydrogens is 364 g/mol. The maximum Gasteiger partial charge on any atom is 0.325 e. The third kappa shape index (κ3) is 3.59. The minimum atomic E-state index is -1.26. The summed E-state index contributed by atoms with van der Waals surface area (Å²) in [7, 11) is 3.02. The van der Waals surface area contributed by atoms with Crippen LogP contribution in [0.4, 0.5) is 10.5 Å². The summed E-state index contributed by atoms with van der Waals surface area (Å²) < 4.78 is 10.1. The maximum atomic E-state index is 12.9. The molecule has 2 heterocycles. The van der Waals surface area contributed by atoms with Crippen LogP contribution in [0.1, 0.15) is 12.5 Å². The molecule has 1 fully saturated rings. The molecule has 2 aromatic rings.